The van der Waals surface area contributed by atoms with Gasteiger partial charge in [-0.2, -0.15) is 0 Å². The second-order valence-corrected chi connectivity index (χ2v) is 5.24. The summed E-state index contributed by atoms with van der Waals surface area (Å²) in [5.41, 5.74) is 1.23. The third-order valence-electron chi connectivity index (χ3n) is 3.29. The number of halogens is 1. The molecule has 1 aliphatic rings. The summed E-state index contributed by atoms with van der Waals surface area (Å²) in [5, 5.41) is 9.47. The van der Waals surface area contributed by atoms with Gasteiger partial charge in [0.15, 0.2) is 0 Å². The second-order valence-electron chi connectivity index (χ2n) is 4.68. The van der Waals surface area contributed by atoms with Crippen molar-refractivity contribution in [2.24, 2.45) is 5.92 Å². The van der Waals surface area contributed by atoms with Gasteiger partial charge in [0.05, 0.1) is 0 Å². The van der Waals surface area contributed by atoms with Gasteiger partial charge in [0.1, 0.15) is 5.75 Å². The monoisotopic (exact) mass is 239 g/mol. The summed E-state index contributed by atoms with van der Waals surface area (Å²) < 4.78 is 0. The molecular formula is C13H18ClNO. The third kappa shape index (κ3) is 2.89. The molecule has 0 aromatic heterocycles. The van der Waals surface area contributed by atoms with Gasteiger partial charge in [-0.15, -0.1) is 11.6 Å². The molecule has 1 saturated heterocycles. The molecule has 1 aromatic rings. The van der Waals surface area contributed by atoms with Crippen molar-refractivity contribution in [3.8, 4) is 5.75 Å². The molecule has 1 N–H and O–H groups in total. The lowest BCUT2D eigenvalue weighted by Gasteiger charge is -2.33. The number of nitrogens with zero attached hydrogens (tertiary/aromatic N) is 1. The predicted molar refractivity (Wildman–Crippen MR) is 66.8 cm³/mol. The molecule has 1 fully saturated rings. The third-order valence-corrected chi connectivity index (χ3v) is 3.86. The van der Waals surface area contributed by atoms with Crippen molar-refractivity contribution in [3.05, 3.63) is 29.8 Å². The number of hydrogen-bond donors (Lipinski definition) is 1. The molecule has 2 rings (SSSR count). The van der Waals surface area contributed by atoms with Gasteiger partial charge in [-0.25, -0.2) is 0 Å². The van der Waals surface area contributed by atoms with Crippen LogP contribution in [0.5, 0.6) is 5.75 Å². The first-order valence-corrected chi connectivity index (χ1v) is 6.23. The van der Waals surface area contributed by atoms with Crippen molar-refractivity contribution in [2.75, 3.05) is 13.1 Å². The molecule has 3 heteroatoms. The van der Waals surface area contributed by atoms with Crippen LogP contribution >= 0.6 is 11.6 Å². The van der Waals surface area contributed by atoms with Crippen LogP contribution in [0.25, 0.3) is 0 Å². The Balaban J connectivity index is 1.93. The van der Waals surface area contributed by atoms with E-state index in [0.717, 1.165) is 19.6 Å². The second kappa shape index (κ2) is 5.07. The van der Waals surface area contributed by atoms with Crippen LogP contribution in [0, 0.1) is 5.92 Å². The van der Waals surface area contributed by atoms with Crippen LogP contribution in [0.4, 0.5) is 0 Å². The van der Waals surface area contributed by atoms with Gasteiger partial charge in [-0.3, -0.25) is 4.90 Å². The summed E-state index contributed by atoms with van der Waals surface area (Å²) in [4.78, 5) is 2.38. The van der Waals surface area contributed by atoms with E-state index in [1.165, 1.54) is 12.0 Å². The van der Waals surface area contributed by atoms with Gasteiger partial charge in [-0.05, 0) is 36.6 Å². The fraction of sp³-hybridized carbons (Fsp3) is 0.538. The van der Waals surface area contributed by atoms with Crippen LogP contribution < -0.4 is 0 Å². The topological polar surface area (TPSA) is 23.5 Å². The van der Waals surface area contributed by atoms with Gasteiger partial charge in [0, 0.05) is 18.5 Å². The Morgan fingerprint density at radius 3 is 2.69 bits per heavy atom. The van der Waals surface area contributed by atoms with E-state index < -0.39 is 0 Å². The minimum absolute atomic E-state index is 0.269. The quantitative estimate of drug-likeness (QED) is 0.803. The van der Waals surface area contributed by atoms with Crippen molar-refractivity contribution in [1.29, 1.82) is 0 Å². The predicted octanol–water partition coefficient (Wildman–Crippen LogP) is 2.84. The number of likely N-dealkylation sites (tertiary alicyclic amines) is 1. The average Bonchev–Trinajstić information content (AvgIpc) is 2.27. The van der Waals surface area contributed by atoms with Gasteiger partial charge >= 0.3 is 0 Å². The van der Waals surface area contributed by atoms with Crippen molar-refractivity contribution in [3.63, 3.8) is 0 Å². The summed E-state index contributed by atoms with van der Waals surface area (Å²) >= 11 is 6.27. The number of piperidine rings is 1. The lowest BCUT2D eigenvalue weighted by Crippen LogP contribution is -2.39. The van der Waals surface area contributed by atoms with Crippen molar-refractivity contribution in [2.45, 2.75) is 25.3 Å². The smallest absolute Gasteiger partial charge is 0.115 e. The van der Waals surface area contributed by atoms with Crippen LogP contribution in [0.2, 0.25) is 0 Å². The molecule has 2 unspecified atom stereocenters. The fourth-order valence-corrected chi connectivity index (χ4v) is 2.41. The van der Waals surface area contributed by atoms with Crippen LogP contribution in [-0.4, -0.2) is 28.5 Å². The minimum atomic E-state index is 0.269. The van der Waals surface area contributed by atoms with Crippen molar-refractivity contribution < 1.29 is 5.11 Å². The number of phenols is 1. The fourth-order valence-electron chi connectivity index (χ4n) is 2.09. The van der Waals surface area contributed by atoms with Crippen LogP contribution in [-0.2, 0) is 6.54 Å². The van der Waals surface area contributed by atoms with E-state index in [1.54, 1.807) is 12.1 Å². The summed E-state index contributed by atoms with van der Waals surface area (Å²) in [6, 6.07) is 7.41. The van der Waals surface area contributed by atoms with Gasteiger partial charge in [0.25, 0.3) is 0 Å². The normalized spacial score (nSPS) is 26.9. The van der Waals surface area contributed by atoms with Crippen molar-refractivity contribution >= 4 is 11.6 Å². The Kier molecular flexibility index (Phi) is 3.72. The maximum absolute atomic E-state index is 9.20. The Morgan fingerprint density at radius 1 is 1.38 bits per heavy atom. The number of benzene rings is 1. The zero-order valence-corrected chi connectivity index (χ0v) is 10.3. The van der Waals surface area contributed by atoms with E-state index in [2.05, 4.69) is 11.8 Å². The zero-order chi connectivity index (χ0) is 11.5. The minimum Gasteiger partial charge on any atom is -0.508 e. The Bertz CT molecular complexity index is 338. The number of alkyl halides is 1. The molecule has 88 valence electrons. The highest BCUT2D eigenvalue weighted by molar-refractivity contribution is 6.21. The molecule has 1 aromatic carbocycles. The summed E-state index contributed by atoms with van der Waals surface area (Å²) in [5.74, 6) is 0.948. The van der Waals surface area contributed by atoms with Crippen LogP contribution in [0.3, 0.4) is 0 Å². The zero-order valence-electron chi connectivity index (χ0n) is 9.56. The molecule has 0 radical (unpaired) electrons. The Morgan fingerprint density at radius 2 is 2.06 bits per heavy atom. The highest BCUT2D eigenvalue weighted by Gasteiger charge is 2.23. The number of phenolic OH excluding ortho intramolecular Hbond substituents is 1. The van der Waals surface area contributed by atoms with E-state index in [0.29, 0.717) is 11.7 Å². The molecule has 2 nitrogen and oxygen atoms in total. The number of rotatable bonds is 2. The summed E-state index contributed by atoms with van der Waals surface area (Å²) in [6.45, 7) is 5.22. The lowest BCUT2D eigenvalue weighted by molar-refractivity contribution is 0.189. The van der Waals surface area contributed by atoms with Gasteiger partial charge in [0.2, 0.25) is 0 Å². The molecule has 2 atom stereocenters. The van der Waals surface area contributed by atoms with E-state index in [-0.39, 0.29) is 5.38 Å². The average molecular weight is 240 g/mol. The van der Waals surface area contributed by atoms with Crippen LogP contribution in [0.15, 0.2) is 24.3 Å². The summed E-state index contributed by atoms with van der Waals surface area (Å²) in [6.07, 6.45) is 1.17. The van der Waals surface area contributed by atoms with E-state index in [4.69, 9.17) is 11.6 Å². The lowest BCUT2D eigenvalue weighted by atomic mass is 9.98. The molecule has 1 heterocycles. The largest absolute Gasteiger partial charge is 0.508 e. The first kappa shape index (κ1) is 11.7. The molecule has 0 amide bonds. The van der Waals surface area contributed by atoms with Gasteiger partial charge < -0.3 is 5.11 Å². The van der Waals surface area contributed by atoms with E-state index >= 15 is 0 Å². The maximum Gasteiger partial charge on any atom is 0.115 e. The first-order valence-electron chi connectivity index (χ1n) is 5.79. The first-order chi connectivity index (χ1) is 7.65. The van der Waals surface area contributed by atoms with Gasteiger partial charge in [-0.1, -0.05) is 19.1 Å². The Hall–Kier alpha value is -0.730. The molecule has 0 spiro atoms. The Labute approximate surface area is 102 Å². The van der Waals surface area contributed by atoms with E-state index in [1.807, 2.05) is 12.1 Å². The highest BCUT2D eigenvalue weighted by atomic mass is 35.5. The SMILES string of the molecule is CC1CCN(Cc2ccc(O)cc2)CC1Cl. The van der Waals surface area contributed by atoms with Crippen molar-refractivity contribution in [1.82, 2.24) is 4.90 Å². The molecule has 0 bridgehead atoms. The molecule has 0 saturated carbocycles. The molecular weight excluding hydrogens is 222 g/mol. The summed E-state index contributed by atoms with van der Waals surface area (Å²) in [7, 11) is 0. The molecule has 16 heavy (non-hydrogen) atoms. The molecule has 0 aliphatic carbocycles. The molecule has 1 aliphatic heterocycles. The van der Waals surface area contributed by atoms with E-state index in [9.17, 15) is 5.11 Å². The highest BCUT2D eigenvalue weighted by Crippen LogP contribution is 2.23. The van der Waals surface area contributed by atoms with Crippen LogP contribution in [0.1, 0.15) is 18.9 Å². The standard InChI is InChI=1S/C13H18ClNO/c1-10-6-7-15(9-13(10)14)8-11-2-4-12(16)5-3-11/h2-5,10,13,16H,6-9H2,1H3. The number of hydrogen-bond acceptors (Lipinski definition) is 2. The number of aromatic hydroxyl groups is 1. The maximum atomic E-state index is 9.20.